The van der Waals surface area contributed by atoms with Crippen molar-refractivity contribution in [3.63, 3.8) is 0 Å². The maximum atomic E-state index is 12.0. The van der Waals surface area contributed by atoms with Crippen LogP contribution in [0.3, 0.4) is 0 Å². The Balaban J connectivity index is 0.00000625. The normalized spacial score (nSPS) is 25.3. The molecule has 140 valence electrons. The monoisotopic (exact) mass is 382 g/mol. The van der Waals surface area contributed by atoms with E-state index >= 15 is 0 Å². The standard InChI is InChI=1S/C13H20N4O8.Na/c1-5(3-18)12(22)15-9-6(16-17-14)2-8(13(23)24)25-11(9)10(21)7(20)4-19;/h2,5-7,9-11,18-21H,3-4H2,1H3,(H,15,22)(H,23,24);/q;+1/p-1/t5?,6?,7-,9-,10-,11-;/m1./s1. The third kappa shape index (κ3) is 6.11. The molecule has 0 aromatic carbocycles. The van der Waals surface area contributed by atoms with Crippen LogP contribution >= 0.6 is 0 Å². The Kier molecular flexibility index (Phi) is 10.8. The van der Waals surface area contributed by atoms with Crippen molar-refractivity contribution in [3.8, 4) is 0 Å². The van der Waals surface area contributed by atoms with Gasteiger partial charge in [0.15, 0.2) is 0 Å². The number of aliphatic hydroxyl groups is 4. The van der Waals surface area contributed by atoms with E-state index in [1.54, 1.807) is 0 Å². The van der Waals surface area contributed by atoms with Crippen LogP contribution < -0.4 is 40.0 Å². The molecule has 1 amide bonds. The summed E-state index contributed by atoms with van der Waals surface area (Å²) in [6.45, 7) is 0.0432. The molecular formula is C13H19N4NaO8. The van der Waals surface area contributed by atoms with E-state index in [0.29, 0.717) is 0 Å². The van der Waals surface area contributed by atoms with Gasteiger partial charge in [-0.25, -0.2) is 0 Å². The number of aliphatic hydroxyl groups excluding tert-OH is 4. The molecule has 5 N–H and O–H groups in total. The van der Waals surface area contributed by atoms with Crippen LogP contribution in [0.25, 0.3) is 10.4 Å². The van der Waals surface area contributed by atoms with Crippen LogP contribution in [-0.2, 0) is 14.3 Å². The van der Waals surface area contributed by atoms with Crippen molar-refractivity contribution in [2.75, 3.05) is 13.2 Å². The van der Waals surface area contributed by atoms with Crippen LogP contribution in [-0.4, -0.2) is 75.9 Å². The van der Waals surface area contributed by atoms with Crippen molar-refractivity contribution in [3.05, 3.63) is 22.3 Å². The fraction of sp³-hybridized carbons (Fsp3) is 0.692. The smallest absolute Gasteiger partial charge is 0.542 e. The average Bonchev–Trinajstić information content (AvgIpc) is 2.60. The Morgan fingerprint density at radius 3 is 2.50 bits per heavy atom. The summed E-state index contributed by atoms with van der Waals surface area (Å²) >= 11 is 0. The summed E-state index contributed by atoms with van der Waals surface area (Å²) in [5.41, 5.74) is 8.65. The summed E-state index contributed by atoms with van der Waals surface area (Å²) in [5, 5.41) is 54.5. The number of carbonyl (C=O) groups excluding carboxylic acids is 2. The van der Waals surface area contributed by atoms with Gasteiger partial charge in [0.1, 0.15) is 30.0 Å². The number of nitrogens with zero attached hydrogens (tertiary/aromatic N) is 3. The van der Waals surface area contributed by atoms with Crippen molar-refractivity contribution in [1.82, 2.24) is 5.32 Å². The van der Waals surface area contributed by atoms with E-state index in [0.717, 1.165) is 6.08 Å². The Bertz CT molecular complexity index is 582. The minimum Gasteiger partial charge on any atom is -0.542 e. The number of nitrogens with one attached hydrogen (secondary N) is 1. The third-order valence-electron chi connectivity index (χ3n) is 3.64. The molecule has 1 rings (SSSR count). The van der Waals surface area contributed by atoms with Gasteiger partial charge >= 0.3 is 29.6 Å². The Labute approximate surface area is 170 Å². The SMILES string of the molecule is CC(CO)C(=O)N[C@@H]1C(N=[N+]=[N-])C=C(C(=O)[O-])O[C@H]1[C@H](O)[C@H](O)CO.[Na+]. The molecule has 1 heterocycles. The summed E-state index contributed by atoms with van der Waals surface area (Å²) in [6, 6.07) is -2.55. The zero-order chi connectivity index (χ0) is 19.1. The number of ether oxygens (including phenoxy) is 1. The first-order valence-electron chi connectivity index (χ1n) is 7.29. The van der Waals surface area contributed by atoms with Crippen LogP contribution in [0.5, 0.6) is 0 Å². The van der Waals surface area contributed by atoms with E-state index in [2.05, 4.69) is 15.3 Å². The van der Waals surface area contributed by atoms with Gasteiger partial charge in [-0.3, -0.25) is 4.79 Å². The van der Waals surface area contributed by atoms with E-state index < -0.39 is 67.2 Å². The summed E-state index contributed by atoms with van der Waals surface area (Å²) < 4.78 is 5.05. The number of hydrogen-bond acceptors (Lipinski definition) is 9. The van der Waals surface area contributed by atoms with Crippen molar-refractivity contribution < 1.29 is 69.4 Å². The van der Waals surface area contributed by atoms with Gasteiger partial charge in [0, 0.05) is 4.91 Å². The van der Waals surface area contributed by atoms with Crippen LogP contribution in [0.1, 0.15) is 6.92 Å². The number of rotatable bonds is 8. The second-order valence-electron chi connectivity index (χ2n) is 5.45. The first-order chi connectivity index (χ1) is 11.8. The fourth-order valence-electron chi connectivity index (χ4n) is 2.16. The molecule has 0 saturated carbocycles. The van der Waals surface area contributed by atoms with Gasteiger partial charge in [0.05, 0.1) is 31.2 Å². The predicted molar refractivity (Wildman–Crippen MR) is 78.2 cm³/mol. The van der Waals surface area contributed by atoms with Gasteiger partial charge in [-0.05, 0) is 11.6 Å². The number of azide groups is 1. The van der Waals surface area contributed by atoms with Crippen LogP contribution in [0, 0.1) is 5.92 Å². The summed E-state index contributed by atoms with van der Waals surface area (Å²) in [4.78, 5) is 25.6. The van der Waals surface area contributed by atoms with E-state index in [1.165, 1.54) is 6.92 Å². The molecule has 0 bridgehead atoms. The molecule has 0 radical (unpaired) electrons. The van der Waals surface area contributed by atoms with E-state index in [9.17, 15) is 24.9 Å². The fourth-order valence-corrected chi connectivity index (χ4v) is 2.16. The van der Waals surface area contributed by atoms with Gasteiger partial charge in [-0.1, -0.05) is 12.0 Å². The molecule has 0 aromatic rings. The molecule has 1 aliphatic rings. The molecular weight excluding hydrogens is 363 g/mol. The number of carboxylic acid groups (broad SMARTS) is 1. The third-order valence-corrected chi connectivity index (χ3v) is 3.64. The zero-order valence-corrected chi connectivity index (χ0v) is 16.2. The van der Waals surface area contributed by atoms with Crippen molar-refractivity contribution in [2.24, 2.45) is 11.0 Å². The largest absolute Gasteiger partial charge is 1.00 e. The van der Waals surface area contributed by atoms with E-state index in [1.807, 2.05) is 0 Å². The molecule has 26 heavy (non-hydrogen) atoms. The number of aliphatic carboxylic acids is 1. The number of hydrogen-bond donors (Lipinski definition) is 5. The number of carboxylic acids is 1. The van der Waals surface area contributed by atoms with E-state index in [-0.39, 0.29) is 29.6 Å². The van der Waals surface area contributed by atoms with E-state index in [4.69, 9.17) is 20.5 Å². The quantitative estimate of drug-likeness (QED) is 0.118. The predicted octanol–water partition coefficient (Wildman–Crippen LogP) is -6.47. The first-order valence-corrected chi connectivity index (χ1v) is 7.29. The molecule has 0 fully saturated rings. The minimum absolute atomic E-state index is 0. The molecule has 13 heteroatoms. The zero-order valence-electron chi connectivity index (χ0n) is 14.2. The second kappa shape index (κ2) is 11.4. The van der Waals surface area contributed by atoms with Gasteiger partial charge in [-0.2, -0.15) is 0 Å². The average molecular weight is 382 g/mol. The summed E-state index contributed by atoms with van der Waals surface area (Å²) in [6.07, 6.45) is -4.21. The van der Waals surface area contributed by atoms with Gasteiger partial charge in [-0.15, -0.1) is 0 Å². The van der Waals surface area contributed by atoms with Crippen LogP contribution in [0.4, 0.5) is 0 Å². The molecule has 6 atom stereocenters. The number of amides is 1. The van der Waals surface area contributed by atoms with Crippen LogP contribution in [0.15, 0.2) is 16.9 Å². The van der Waals surface area contributed by atoms with Crippen molar-refractivity contribution >= 4 is 11.9 Å². The number of carbonyl (C=O) groups is 2. The molecule has 0 aliphatic carbocycles. The van der Waals surface area contributed by atoms with Crippen LogP contribution in [0.2, 0.25) is 0 Å². The molecule has 0 aromatic heterocycles. The maximum Gasteiger partial charge on any atom is 1.00 e. The molecule has 1 aliphatic heterocycles. The Morgan fingerprint density at radius 2 is 2.04 bits per heavy atom. The Hall–Kier alpha value is -1.37. The van der Waals surface area contributed by atoms with Gasteiger partial charge in [0.25, 0.3) is 0 Å². The van der Waals surface area contributed by atoms with Gasteiger partial charge in [0.2, 0.25) is 5.91 Å². The summed E-state index contributed by atoms with van der Waals surface area (Å²) in [5.74, 6) is -4.05. The topological polar surface area (TPSA) is 208 Å². The molecule has 2 unspecified atom stereocenters. The molecule has 12 nitrogen and oxygen atoms in total. The molecule has 0 spiro atoms. The second-order valence-corrected chi connectivity index (χ2v) is 5.45. The maximum absolute atomic E-state index is 12.0. The van der Waals surface area contributed by atoms with Crippen molar-refractivity contribution in [2.45, 2.75) is 37.3 Å². The van der Waals surface area contributed by atoms with Crippen molar-refractivity contribution in [1.29, 1.82) is 0 Å². The Morgan fingerprint density at radius 1 is 1.42 bits per heavy atom. The first kappa shape index (κ1) is 24.6. The summed E-state index contributed by atoms with van der Waals surface area (Å²) in [7, 11) is 0. The van der Waals surface area contributed by atoms with Gasteiger partial charge < -0.3 is 40.4 Å². The minimum atomic E-state index is -1.82. The molecule has 0 saturated heterocycles.